The monoisotopic (exact) mass is 292 g/mol. The zero-order valence-electron chi connectivity index (χ0n) is 10.6. The van der Waals surface area contributed by atoms with Gasteiger partial charge in [0.15, 0.2) is 0 Å². The quantitative estimate of drug-likeness (QED) is 0.849. The summed E-state index contributed by atoms with van der Waals surface area (Å²) >= 11 is 5.69. The molecule has 2 unspecified atom stereocenters. The van der Waals surface area contributed by atoms with E-state index in [9.17, 15) is 18.7 Å². The summed E-state index contributed by atoms with van der Waals surface area (Å²) in [5, 5.41) is 10.7. The third kappa shape index (κ3) is 3.64. The fraction of sp³-hybridized carbons (Fsp3) is 0.462. The van der Waals surface area contributed by atoms with Crippen LogP contribution < -0.4 is 0 Å². The molecule has 0 amide bonds. The lowest BCUT2D eigenvalue weighted by molar-refractivity contribution is -0.169. The van der Waals surface area contributed by atoms with E-state index in [2.05, 4.69) is 4.74 Å². The number of hydrogen-bond donors (Lipinski definition) is 1. The Morgan fingerprint density at radius 1 is 1.42 bits per heavy atom. The van der Waals surface area contributed by atoms with Gasteiger partial charge in [-0.1, -0.05) is 23.7 Å². The van der Waals surface area contributed by atoms with Crippen LogP contribution in [0.1, 0.15) is 19.4 Å². The second kappa shape index (κ2) is 6.30. The molecule has 1 N–H and O–H groups in total. The van der Waals surface area contributed by atoms with Gasteiger partial charge in [-0.05, 0) is 31.5 Å². The minimum absolute atomic E-state index is 0.0290. The summed E-state index contributed by atoms with van der Waals surface area (Å²) in [6.07, 6.45) is -3.04. The molecule has 0 aliphatic carbocycles. The van der Waals surface area contributed by atoms with E-state index in [0.29, 0.717) is 5.02 Å². The minimum atomic E-state index is -3.04. The Morgan fingerprint density at radius 2 is 1.95 bits per heavy atom. The van der Waals surface area contributed by atoms with Gasteiger partial charge in [-0.2, -0.15) is 0 Å². The zero-order valence-corrected chi connectivity index (χ0v) is 11.3. The van der Waals surface area contributed by atoms with Crippen LogP contribution in [0.3, 0.4) is 0 Å². The molecular weight excluding hydrogens is 278 g/mol. The van der Waals surface area contributed by atoms with Crippen molar-refractivity contribution >= 4 is 17.6 Å². The number of alkyl halides is 2. The van der Waals surface area contributed by atoms with Crippen LogP contribution in [-0.4, -0.2) is 24.1 Å². The molecule has 0 aromatic heterocycles. The molecule has 0 heterocycles. The van der Waals surface area contributed by atoms with Crippen LogP contribution in [0.4, 0.5) is 8.78 Å². The van der Waals surface area contributed by atoms with Gasteiger partial charge in [0.05, 0.1) is 6.61 Å². The highest BCUT2D eigenvalue weighted by Crippen LogP contribution is 2.35. The number of benzene rings is 1. The average Bonchev–Trinajstić information content (AvgIpc) is 2.28. The van der Waals surface area contributed by atoms with Crippen LogP contribution >= 0.6 is 11.6 Å². The molecule has 0 saturated carbocycles. The van der Waals surface area contributed by atoms with Crippen LogP contribution in [0.15, 0.2) is 24.3 Å². The van der Waals surface area contributed by atoms with Crippen molar-refractivity contribution in [2.45, 2.75) is 25.9 Å². The lowest BCUT2D eigenvalue weighted by Crippen LogP contribution is -2.42. The number of esters is 1. The van der Waals surface area contributed by atoms with E-state index >= 15 is 0 Å². The number of halogens is 3. The van der Waals surface area contributed by atoms with Crippen molar-refractivity contribution in [3.63, 3.8) is 0 Å². The molecule has 0 saturated heterocycles. The van der Waals surface area contributed by atoms with Crippen molar-refractivity contribution in [3.8, 4) is 0 Å². The molecule has 19 heavy (non-hydrogen) atoms. The van der Waals surface area contributed by atoms with Crippen molar-refractivity contribution in [1.82, 2.24) is 0 Å². The number of carbonyl (C=O) groups is 1. The highest BCUT2D eigenvalue weighted by molar-refractivity contribution is 6.30. The SMILES string of the molecule is CCOC(=O)C(C(F)F)C(C)(O)c1ccc(Cl)cc1. The number of rotatable bonds is 5. The van der Waals surface area contributed by atoms with Crippen molar-refractivity contribution in [2.24, 2.45) is 5.92 Å². The molecule has 3 nitrogen and oxygen atoms in total. The van der Waals surface area contributed by atoms with E-state index in [4.69, 9.17) is 11.6 Å². The first-order valence-electron chi connectivity index (χ1n) is 5.74. The van der Waals surface area contributed by atoms with Gasteiger partial charge in [0.1, 0.15) is 11.5 Å². The minimum Gasteiger partial charge on any atom is -0.466 e. The predicted molar refractivity (Wildman–Crippen MR) is 67.1 cm³/mol. The number of ether oxygens (including phenoxy) is 1. The Morgan fingerprint density at radius 3 is 2.37 bits per heavy atom. The molecule has 0 aliphatic rings. The van der Waals surface area contributed by atoms with Crippen LogP contribution in [-0.2, 0) is 15.1 Å². The molecular formula is C13H15ClF2O3. The summed E-state index contributed by atoms with van der Waals surface area (Å²) in [5.41, 5.74) is -1.86. The zero-order chi connectivity index (χ0) is 14.6. The van der Waals surface area contributed by atoms with E-state index < -0.39 is 23.9 Å². The summed E-state index contributed by atoms with van der Waals surface area (Å²) in [7, 11) is 0. The maximum absolute atomic E-state index is 13.0. The highest BCUT2D eigenvalue weighted by Gasteiger charge is 2.46. The highest BCUT2D eigenvalue weighted by atomic mass is 35.5. The Kier molecular flexibility index (Phi) is 5.26. The van der Waals surface area contributed by atoms with Gasteiger partial charge in [0, 0.05) is 5.02 Å². The first-order chi connectivity index (χ1) is 8.80. The van der Waals surface area contributed by atoms with Gasteiger partial charge in [-0.15, -0.1) is 0 Å². The molecule has 1 aromatic rings. The molecule has 1 rings (SSSR count). The largest absolute Gasteiger partial charge is 0.466 e. The van der Waals surface area contributed by atoms with Crippen LogP contribution in [0.5, 0.6) is 0 Å². The lowest BCUT2D eigenvalue weighted by atomic mass is 9.83. The third-order valence-corrected chi connectivity index (χ3v) is 3.08. The first kappa shape index (κ1) is 15.9. The van der Waals surface area contributed by atoms with Gasteiger partial charge < -0.3 is 9.84 Å². The summed E-state index contributed by atoms with van der Waals surface area (Å²) in [6, 6.07) is 5.71. The van der Waals surface area contributed by atoms with Crippen LogP contribution in [0.2, 0.25) is 5.02 Å². The lowest BCUT2D eigenvalue weighted by Gasteiger charge is -2.31. The van der Waals surface area contributed by atoms with E-state index in [1.807, 2.05) is 0 Å². The summed E-state index contributed by atoms with van der Waals surface area (Å²) in [6.45, 7) is 2.64. The number of hydrogen-bond acceptors (Lipinski definition) is 3. The van der Waals surface area contributed by atoms with Crippen molar-refractivity contribution in [3.05, 3.63) is 34.9 Å². The van der Waals surface area contributed by atoms with E-state index in [1.54, 1.807) is 0 Å². The smallest absolute Gasteiger partial charge is 0.318 e. The molecule has 0 bridgehead atoms. The van der Waals surface area contributed by atoms with Gasteiger partial charge in [-0.3, -0.25) is 4.79 Å². The van der Waals surface area contributed by atoms with Gasteiger partial charge in [0.25, 0.3) is 6.43 Å². The van der Waals surface area contributed by atoms with Gasteiger partial charge >= 0.3 is 5.97 Å². The number of aliphatic hydroxyl groups is 1. The molecule has 2 atom stereocenters. The Bertz CT molecular complexity index is 432. The summed E-state index contributed by atoms with van der Waals surface area (Å²) in [5.74, 6) is -3.08. The Balaban J connectivity index is 3.12. The molecule has 106 valence electrons. The fourth-order valence-electron chi connectivity index (χ4n) is 1.78. The van der Waals surface area contributed by atoms with E-state index in [0.717, 1.165) is 6.92 Å². The number of carbonyl (C=O) groups excluding carboxylic acids is 1. The summed E-state index contributed by atoms with van der Waals surface area (Å²) < 4.78 is 30.7. The molecule has 0 aliphatic heterocycles. The summed E-state index contributed by atoms with van der Waals surface area (Å²) in [4.78, 5) is 11.6. The Hall–Kier alpha value is -1.20. The molecule has 1 aromatic carbocycles. The molecule has 0 fully saturated rings. The van der Waals surface area contributed by atoms with E-state index in [-0.39, 0.29) is 12.2 Å². The molecule has 0 radical (unpaired) electrons. The van der Waals surface area contributed by atoms with Crippen LogP contribution in [0.25, 0.3) is 0 Å². The molecule has 0 spiro atoms. The van der Waals surface area contributed by atoms with Crippen LogP contribution in [0, 0.1) is 5.92 Å². The van der Waals surface area contributed by atoms with Gasteiger partial charge in [0.2, 0.25) is 0 Å². The normalized spacial score (nSPS) is 15.9. The average molecular weight is 293 g/mol. The standard InChI is InChI=1S/C13H15ClF2O3/c1-3-19-12(17)10(11(15)16)13(2,18)8-4-6-9(14)7-5-8/h4-7,10-11,18H,3H2,1-2H3. The second-order valence-corrected chi connectivity index (χ2v) is 4.66. The maximum atomic E-state index is 13.0. The van der Waals surface area contributed by atoms with Crippen molar-refractivity contribution in [1.29, 1.82) is 0 Å². The fourth-order valence-corrected chi connectivity index (χ4v) is 1.90. The Labute approximate surface area is 115 Å². The molecule has 6 heteroatoms. The second-order valence-electron chi connectivity index (χ2n) is 4.22. The first-order valence-corrected chi connectivity index (χ1v) is 6.11. The topological polar surface area (TPSA) is 46.5 Å². The van der Waals surface area contributed by atoms with Crippen molar-refractivity contribution < 1.29 is 23.4 Å². The third-order valence-electron chi connectivity index (χ3n) is 2.83. The maximum Gasteiger partial charge on any atom is 0.318 e. The van der Waals surface area contributed by atoms with Gasteiger partial charge in [-0.25, -0.2) is 8.78 Å². The van der Waals surface area contributed by atoms with E-state index in [1.165, 1.54) is 31.2 Å². The van der Waals surface area contributed by atoms with Crippen molar-refractivity contribution in [2.75, 3.05) is 6.61 Å². The predicted octanol–water partition coefficient (Wildman–Crippen LogP) is 2.99.